The minimum absolute atomic E-state index is 0.190. The Kier molecular flexibility index (Phi) is 3.89. The average Bonchev–Trinajstić information content (AvgIpc) is 3.07. The van der Waals surface area contributed by atoms with E-state index in [0.29, 0.717) is 17.9 Å². The Hall–Kier alpha value is -1.20. The van der Waals surface area contributed by atoms with E-state index in [0.717, 1.165) is 25.7 Å². The van der Waals surface area contributed by atoms with Gasteiger partial charge in [0.1, 0.15) is 11.3 Å². The Morgan fingerprint density at radius 1 is 1.15 bits per heavy atom. The normalized spacial score (nSPS) is 16.4. The molecule has 0 N–H and O–H groups in total. The number of aromatic nitrogens is 2. The van der Waals surface area contributed by atoms with Gasteiger partial charge in [0.15, 0.2) is 11.6 Å². The van der Waals surface area contributed by atoms with Crippen LogP contribution in [-0.4, -0.2) is 34.1 Å². The van der Waals surface area contributed by atoms with Gasteiger partial charge in [-0.1, -0.05) is 0 Å². The van der Waals surface area contributed by atoms with Crippen molar-refractivity contribution in [3.8, 4) is 0 Å². The number of nitrogens with zero attached hydrogens (tertiary/aromatic N) is 3. The van der Waals surface area contributed by atoms with Crippen LogP contribution in [0, 0.1) is 11.6 Å². The van der Waals surface area contributed by atoms with E-state index in [2.05, 4.69) is 9.88 Å². The van der Waals surface area contributed by atoms with E-state index in [1.165, 1.54) is 18.9 Å². The molecule has 1 fully saturated rings. The molecule has 3 rings (SSSR count). The van der Waals surface area contributed by atoms with Gasteiger partial charge in [-0.25, -0.2) is 13.8 Å². The molecule has 2 heterocycles. The van der Waals surface area contributed by atoms with Gasteiger partial charge < -0.3 is 9.47 Å². The van der Waals surface area contributed by atoms with Gasteiger partial charge in [0.25, 0.3) is 0 Å². The third-order valence-electron chi connectivity index (χ3n) is 3.84. The van der Waals surface area contributed by atoms with Crippen molar-refractivity contribution < 1.29 is 8.78 Å². The van der Waals surface area contributed by atoms with Crippen LogP contribution in [0.5, 0.6) is 0 Å². The third kappa shape index (κ3) is 2.40. The second kappa shape index (κ2) is 5.66. The minimum Gasteiger partial charge on any atom is -0.323 e. The zero-order valence-electron chi connectivity index (χ0n) is 11.1. The fraction of sp³-hybridized carbons (Fsp3) is 0.500. The maximum absolute atomic E-state index is 14.0. The lowest BCUT2D eigenvalue weighted by Gasteiger charge is -2.16. The van der Waals surface area contributed by atoms with Crippen molar-refractivity contribution in [1.29, 1.82) is 0 Å². The standard InChI is InChI=1S/C14H16ClF2N3/c15-9-12-18-11-4-3-10(16)13(17)14(11)20(12)8-7-19-5-1-2-6-19/h3-4H,1-2,5-9H2. The SMILES string of the molecule is Fc1ccc2nc(CCl)n(CCN3CCCC3)c2c1F. The monoisotopic (exact) mass is 299 g/mol. The molecule has 0 saturated carbocycles. The number of rotatable bonds is 4. The summed E-state index contributed by atoms with van der Waals surface area (Å²) in [6, 6.07) is 2.60. The van der Waals surface area contributed by atoms with Gasteiger partial charge in [-0.2, -0.15) is 0 Å². The molecule has 0 radical (unpaired) electrons. The number of alkyl halides is 1. The Bertz CT molecular complexity index is 620. The lowest BCUT2D eigenvalue weighted by molar-refractivity contribution is 0.322. The van der Waals surface area contributed by atoms with Crippen molar-refractivity contribution in [2.45, 2.75) is 25.3 Å². The van der Waals surface area contributed by atoms with Crippen LogP contribution in [0.15, 0.2) is 12.1 Å². The van der Waals surface area contributed by atoms with Crippen LogP contribution < -0.4 is 0 Å². The van der Waals surface area contributed by atoms with Crippen molar-refractivity contribution in [2.24, 2.45) is 0 Å². The van der Waals surface area contributed by atoms with E-state index < -0.39 is 11.6 Å². The third-order valence-corrected chi connectivity index (χ3v) is 4.08. The summed E-state index contributed by atoms with van der Waals surface area (Å²) in [7, 11) is 0. The molecule has 0 spiro atoms. The first-order valence-electron chi connectivity index (χ1n) is 6.82. The lowest BCUT2D eigenvalue weighted by Crippen LogP contribution is -2.24. The Morgan fingerprint density at radius 2 is 1.90 bits per heavy atom. The predicted octanol–water partition coefficient (Wildman–Crippen LogP) is 3.15. The quantitative estimate of drug-likeness (QED) is 0.809. The van der Waals surface area contributed by atoms with Gasteiger partial charge in [0, 0.05) is 13.1 Å². The molecule has 1 aromatic carbocycles. The first kappa shape index (κ1) is 13.8. The number of likely N-dealkylation sites (tertiary alicyclic amines) is 1. The predicted molar refractivity (Wildman–Crippen MR) is 74.9 cm³/mol. The number of fused-ring (bicyclic) bond motifs is 1. The molecule has 0 atom stereocenters. The molecule has 1 aliphatic rings. The Morgan fingerprint density at radius 3 is 2.60 bits per heavy atom. The van der Waals surface area contributed by atoms with Gasteiger partial charge >= 0.3 is 0 Å². The highest BCUT2D eigenvalue weighted by Crippen LogP contribution is 2.23. The summed E-state index contributed by atoms with van der Waals surface area (Å²) >= 11 is 5.88. The highest BCUT2D eigenvalue weighted by Gasteiger charge is 2.18. The summed E-state index contributed by atoms with van der Waals surface area (Å²) in [5.41, 5.74) is 0.681. The second-order valence-electron chi connectivity index (χ2n) is 5.09. The van der Waals surface area contributed by atoms with Gasteiger partial charge in [-0.3, -0.25) is 0 Å². The molecule has 1 aliphatic heterocycles. The van der Waals surface area contributed by atoms with Crippen molar-refractivity contribution in [3.05, 3.63) is 29.6 Å². The smallest absolute Gasteiger partial charge is 0.184 e. The maximum atomic E-state index is 14.0. The Labute approximate surface area is 121 Å². The Balaban J connectivity index is 1.96. The molecule has 0 bridgehead atoms. The van der Waals surface area contributed by atoms with Crippen LogP contribution >= 0.6 is 11.6 Å². The van der Waals surface area contributed by atoms with Gasteiger partial charge in [0.2, 0.25) is 0 Å². The number of hydrogen-bond donors (Lipinski definition) is 0. The number of benzene rings is 1. The number of halogens is 3. The van der Waals surface area contributed by atoms with Crippen molar-refractivity contribution in [1.82, 2.24) is 14.5 Å². The van der Waals surface area contributed by atoms with Crippen molar-refractivity contribution in [2.75, 3.05) is 19.6 Å². The highest BCUT2D eigenvalue weighted by atomic mass is 35.5. The molecule has 6 heteroatoms. The molecule has 20 heavy (non-hydrogen) atoms. The highest BCUT2D eigenvalue weighted by molar-refractivity contribution is 6.16. The first-order valence-corrected chi connectivity index (χ1v) is 7.35. The summed E-state index contributed by atoms with van der Waals surface area (Å²) in [6.07, 6.45) is 2.41. The molecule has 108 valence electrons. The number of hydrogen-bond acceptors (Lipinski definition) is 2. The minimum atomic E-state index is -0.846. The van der Waals surface area contributed by atoms with Gasteiger partial charge in [-0.15, -0.1) is 11.6 Å². The van der Waals surface area contributed by atoms with E-state index in [1.54, 1.807) is 4.57 Å². The first-order chi connectivity index (χ1) is 9.70. The second-order valence-corrected chi connectivity index (χ2v) is 5.36. The zero-order chi connectivity index (χ0) is 14.1. The van der Waals surface area contributed by atoms with Crippen molar-refractivity contribution in [3.63, 3.8) is 0 Å². The summed E-state index contributed by atoms with van der Waals surface area (Å²) in [5, 5.41) is 0. The fourth-order valence-corrected chi connectivity index (χ4v) is 3.00. The molecule has 1 saturated heterocycles. The molecule has 0 aliphatic carbocycles. The van der Waals surface area contributed by atoms with Crippen LogP contribution in [0.25, 0.3) is 11.0 Å². The van der Waals surface area contributed by atoms with Crippen LogP contribution in [0.2, 0.25) is 0 Å². The molecular weight excluding hydrogens is 284 g/mol. The zero-order valence-corrected chi connectivity index (χ0v) is 11.8. The molecule has 0 unspecified atom stereocenters. The molecule has 1 aromatic heterocycles. The van der Waals surface area contributed by atoms with Crippen LogP contribution in [0.1, 0.15) is 18.7 Å². The van der Waals surface area contributed by atoms with Crippen LogP contribution in [0.4, 0.5) is 8.78 Å². The average molecular weight is 300 g/mol. The van der Waals surface area contributed by atoms with E-state index in [1.807, 2.05) is 0 Å². The fourth-order valence-electron chi connectivity index (χ4n) is 2.80. The number of imidazole rings is 1. The van der Waals surface area contributed by atoms with Crippen LogP contribution in [0.3, 0.4) is 0 Å². The molecule has 3 nitrogen and oxygen atoms in total. The van der Waals surface area contributed by atoms with E-state index in [4.69, 9.17) is 11.6 Å². The largest absolute Gasteiger partial charge is 0.323 e. The van der Waals surface area contributed by atoms with E-state index in [-0.39, 0.29) is 11.4 Å². The maximum Gasteiger partial charge on any atom is 0.184 e. The van der Waals surface area contributed by atoms with E-state index >= 15 is 0 Å². The molecule has 2 aromatic rings. The van der Waals surface area contributed by atoms with Crippen LogP contribution in [-0.2, 0) is 12.4 Å². The molecular formula is C14H16ClF2N3. The lowest BCUT2D eigenvalue weighted by atomic mass is 10.3. The van der Waals surface area contributed by atoms with E-state index in [9.17, 15) is 8.78 Å². The summed E-state index contributed by atoms with van der Waals surface area (Å²) in [5.74, 6) is -0.908. The summed E-state index contributed by atoms with van der Waals surface area (Å²) in [6.45, 7) is 3.53. The summed E-state index contributed by atoms with van der Waals surface area (Å²) in [4.78, 5) is 6.60. The topological polar surface area (TPSA) is 21.1 Å². The van der Waals surface area contributed by atoms with Gasteiger partial charge in [0.05, 0.1) is 11.4 Å². The van der Waals surface area contributed by atoms with Crippen molar-refractivity contribution >= 4 is 22.6 Å². The molecule has 0 amide bonds. The summed E-state index contributed by atoms with van der Waals surface area (Å²) < 4.78 is 29.1. The van der Waals surface area contributed by atoms with Gasteiger partial charge in [-0.05, 0) is 38.1 Å².